The van der Waals surface area contributed by atoms with Crippen LogP contribution in [0.15, 0.2) is 6.07 Å². The fourth-order valence-electron chi connectivity index (χ4n) is 0.696. The van der Waals surface area contributed by atoms with Crippen molar-refractivity contribution in [3.05, 3.63) is 11.8 Å². The van der Waals surface area contributed by atoms with Gasteiger partial charge in [-0.3, -0.25) is 0 Å². The second kappa shape index (κ2) is 3.58. The van der Waals surface area contributed by atoms with Gasteiger partial charge in [-0.1, -0.05) is 5.92 Å². The summed E-state index contributed by atoms with van der Waals surface area (Å²) >= 11 is 0. The molecule has 0 saturated heterocycles. The zero-order chi connectivity index (χ0) is 8.97. The Morgan fingerprint density at radius 1 is 1.67 bits per heavy atom. The smallest absolute Gasteiger partial charge is 0.320 e. The van der Waals surface area contributed by atoms with Crippen molar-refractivity contribution in [2.75, 3.05) is 6.61 Å². The van der Waals surface area contributed by atoms with Gasteiger partial charge in [-0.05, 0) is 6.92 Å². The van der Waals surface area contributed by atoms with E-state index in [4.69, 9.17) is 16.3 Å². The molecular formula is C8H8N2O2. The van der Waals surface area contributed by atoms with Crippen LogP contribution < -0.4 is 4.74 Å². The van der Waals surface area contributed by atoms with Gasteiger partial charge in [0.15, 0.2) is 6.61 Å². The van der Waals surface area contributed by atoms with Gasteiger partial charge < -0.3 is 9.84 Å². The highest BCUT2D eigenvalue weighted by molar-refractivity contribution is 5.16. The van der Waals surface area contributed by atoms with Gasteiger partial charge in [-0.15, -0.1) is 6.42 Å². The molecule has 0 aliphatic carbocycles. The van der Waals surface area contributed by atoms with Crippen LogP contribution in [0.4, 0.5) is 0 Å². The molecule has 0 radical (unpaired) electrons. The molecule has 0 fully saturated rings. The number of hydrogen-bond donors (Lipinski definition) is 1. The van der Waals surface area contributed by atoms with Gasteiger partial charge in [0.05, 0.1) is 0 Å². The molecule has 1 heterocycles. The fourth-order valence-corrected chi connectivity index (χ4v) is 0.696. The van der Waals surface area contributed by atoms with Gasteiger partial charge in [0, 0.05) is 11.8 Å². The van der Waals surface area contributed by atoms with Crippen LogP contribution in [0.5, 0.6) is 11.9 Å². The number of hydrogen-bond acceptors (Lipinski definition) is 4. The monoisotopic (exact) mass is 164 g/mol. The predicted molar refractivity (Wildman–Crippen MR) is 42.8 cm³/mol. The number of aryl methyl sites for hydroxylation is 1. The lowest BCUT2D eigenvalue weighted by atomic mass is 10.4. The van der Waals surface area contributed by atoms with E-state index in [-0.39, 0.29) is 18.5 Å². The third kappa shape index (κ3) is 2.13. The Balaban J connectivity index is 2.80. The van der Waals surface area contributed by atoms with Crippen molar-refractivity contribution in [1.82, 2.24) is 9.97 Å². The summed E-state index contributed by atoms with van der Waals surface area (Å²) < 4.78 is 4.90. The number of aromatic nitrogens is 2. The maximum Gasteiger partial charge on any atom is 0.320 e. The summed E-state index contributed by atoms with van der Waals surface area (Å²) in [6, 6.07) is 1.54. The predicted octanol–water partition coefficient (Wildman–Crippen LogP) is 0.503. The Bertz CT molecular complexity index is 297. The van der Waals surface area contributed by atoms with E-state index in [0.717, 1.165) is 0 Å². The molecule has 0 unspecified atom stereocenters. The van der Waals surface area contributed by atoms with Gasteiger partial charge in [0.1, 0.15) is 0 Å². The molecule has 1 rings (SSSR count). The van der Waals surface area contributed by atoms with E-state index in [1.807, 2.05) is 0 Å². The zero-order valence-electron chi connectivity index (χ0n) is 6.61. The highest BCUT2D eigenvalue weighted by Gasteiger charge is 1.99. The van der Waals surface area contributed by atoms with E-state index in [1.54, 1.807) is 6.92 Å². The van der Waals surface area contributed by atoms with E-state index >= 15 is 0 Å². The summed E-state index contributed by atoms with van der Waals surface area (Å²) in [6.45, 7) is 1.83. The molecule has 0 atom stereocenters. The Morgan fingerprint density at radius 3 is 3.00 bits per heavy atom. The molecule has 0 bridgehead atoms. The van der Waals surface area contributed by atoms with Crippen molar-refractivity contribution >= 4 is 0 Å². The number of terminal acetylenes is 1. The summed E-state index contributed by atoms with van der Waals surface area (Å²) in [5.41, 5.74) is 0.634. The molecular weight excluding hydrogens is 156 g/mol. The molecule has 1 aromatic heterocycles. The van der Waals surface area contributed by atoms with Crippen LogP contribution in [0.1, 0.15) is 5.69 Å². The Kier molecular flexibility index (Phi) is 2.49. The molecule has 0 aromatic carbocycles. The fraction of sp³-hybridized carbons (Fsp3) is 0.250. The molecule has 0 amide bonds. The largest absolute Gasteiger partial charge is 0.493 e. The van der Waals surface area contributed by atoms with Gasteiger partial charge in [-0.25, -0.2) is 4.98 Å². The van der Waals surface area contributed by atoms with E-state index in [9.17, 15) is 0 Å². The molecule has 1 aromatic rings. The Labute approximate surface area is 70.2 Å². The third-order valence-corrected chi connectivity index (χ3v) is 1.10. The minimum atomic E-state index is -0.116. The second-order valence-corrected chi connectivity index (χ2v) is 2.14. The molecule has 0 saturated carbocycles. The number of rotatable bonds is 2. The lowest BCUT2D eigenvalue weighted by Gasteiger charge is -2.00. The Morgan fingerprint density at radius 2 is 2.42 bits per heavy atom. The lowest BCUT2D eigenvalue weighted by molar-refractivity contribution is 0.328. The van der Waals surface area contributed by atoms with E-state index in [0.29, 0.717) is 5.69 Å². The van der Waals surface area contributed by atoms with Crippen LogP contribution in [0.2, 0.25) is 0 Å². The van der Waals surface area contributed by atoms with Crippen LogP contribution in [0.3, 0.4) is 0 Å². The van der Waals surface area contributed by atoms with Gasteiger partial charge in [0.25, 0.3) is 0 Å². The zero-order valence-corrected chi connectivity index (χ0v) is 6.61. The van der Waals surface area contributed by atoms with Crippen molar-refractivity contribution in [3.8, 4) is 24.2 Å². The second-order valence-electron chi connectivity index (χ2n) is 2.14. The molecule has 0 aliphatic heterocycles. The molecule has 4 nitrogen and oxygen atoms in total. The molecule has 1 N–H and O–H groups in total. The molecule has 0 spiro atoms. The summed E-state index contributed by atoms with van der Waals surface area (Å²) in [5.74, 6) is 2.16. The number of ether oxygens (including phenoxy) is 1. The van der Waals surface area contributed by atoms with Gasteiger partial charge in [-0.2, -0.15) is 4.98 Å². The van der Waals surface area contributed by atoms with Crippen molar-refractivity contribution in [3.63, 3.8) is 0 Å². The van der Waals surface area contributed by atoms with Crippen molar-refractivity contribution < 1.29 is 9.84 Å². The average molecular weight is 164 g/mol. The summed E-state index contributed by atoms with van der Waals surface area (Å²) in [4.78, 5) is 7.48. The van der Waals surface area contributed by atoms with E-state index in [2.05, 4.69) is 15.9 Å². The summed E-state index contributed by atoms with van der Waals surface area (Å²) in [7, 11) is 0. The van der Waals surface area contributed by atoms with Crippen LogP contribution in [-0.4, -0.2) is 21.7 Å². The maximum atomic E-state index is 9.01. The van der Waals surface area contributed by atoms with Crippen LogP contribution in [0, 0.1) is 19.3 Å². The number of nitrogens with zero attached hydrogens (tertiary/aromatic N) is 2. The standard InChI is InChI=1S/C8H8N2O2/c1-3-4-12-8-9-6(2)5-7(11)10-8/h1,5H,4H2,2H3,(H,9,10,11). The first-order valence-electron chi connectivity index (χ1n) is 3.33. The SMILES string of the molecule is C#CCOc1nc(C)cc(O)n1. The Hall–Kier alpha value is -1.76. The van der Waals surface area contributed by atoms with Crippen molar-refractivity contribution in [2.45, 2.75) is 6.92 Å². The molecule has 62 valence electrons. The van der Waals surface area contributed by atoms with Gasteiger partial charge >= 0.3 is 6.01 Å². The first-order chi connectivity index (χ1) is 5.72. The minimum absolute atomic E-state index is 0.100. The third-order valence-electron chi connectivity index (χ3n) is 1.10. The highest BCUT2D eigenvalue weighted by atomic mass is 16.5. The lowest BCUT2D eigenvalue weighted by Crippen LogP contribution is -1.99. The van der Waals surface area contributed by atoms with Gasteiger partial charge in [0.2, 0.25) is 5.88 Å². The maximum absolute atomic E-state index is 9.01. The quantitative estimate of drug-likeness (QED) is 0.647. The first-order valence-corrected chi connectivity index (χ1v) is 3.33. The van der Waals surface area contributed by atoms with E-state index in [1.165, 1.54) is 6.07 Å². The normalized spacial score (nSPS) is 9.00. The molecule has 12 heavy (non-hydrogen) atoms. The van der Waals surface area contributed by atoms with Crippen molar-refractivity contribution in [2.24, 2.45) is 0 Å². The topological polar surface area (TPSA) is 55.2 Å². The summed E-state index contributed by atoms with van der Waals surface area (Å²) in [6.07, 6.45) is 4.96. The highest BCUT2D eigenvalue weighted by Crippen LogP contribution is 2.10. The first kappa shape index (κ1) is 8.34. The van der Waals surface area contributed by atoms with Crippen molar-refractivity contribution in [1.29, 1.82) is 0 Å². The van der Waals surface area contributed by atoms with Crippen LogP contribution in [-0.2, 0) is 0 Å². The number of aromatic hydroxyl groups is 1. The minimum Gasteiger partial charge on any atom is -0.493 e. The summed E-state index contributed by atoms with van der Waals surface area (Å²) in [5, 5.41) is 9.01. The van der Waals surface area contributed by atoms with Crippen LogP contribution in [0.25, 0.3) is 0 Å². The molecule has 4 heteroatoms. The van der Waals surface area contributed by atoms with E-state index < -0.39 is 0 Å². The van der Waals surface area contributed by atoms with Crippen LogP contribution >= 0.6 is 0 Å². The molecule has 0 aliphatic rings. The average Bonchev–Trinajstić information content (AvgIpc) is 1.99.